The van der Waals surface area contributed by atoms with Crippen molar-refractivity contribution in [3.8, 4) is 0 Å². The quantitative estimate of drug-likeness (QED) is 0.806. The Hall–Kier alpha value is -1.66. The van der Waals surface area contributed by atoms with Crippen LogP contribution in [0.3, 0.4) is 0 Å². The van der Waals surface area contributed by atoms with Gasteiger partial charge in [-0.15, -0.1) is 11.3 Å². The van der Waals surface area contributed by atoms with Crippen LogP contribution >= 0.6 is 27.3 Å². The molecule has 22 heavy (non-hydrogen) atoms. The Morgan fingerprint density at radius 3 is 2.55 bits per heavy atom. The number of anilines is 1. The number of hydrogen-bond donors (Lipinski definition) is 1. The van der Waals surface area contributed by atoms with Crippen molar-refractivity contribution in [1.82, 2.24) is 0 Å². The average Bonchev–Trinajstić information content (AvgIpc) is 2.79. The van der Waals surface area contributed by atoms with Crippen molar-refractivity contribution in [2.75, 3.05) is 11.9 Å². The molecule has 1 heterocycles. The zero-order chi connectivity index (χ0) is 16.3. The van der Waals surface area contributed by atoms with Gasteiger partial charge in [0.15, 0.2) is 6.61 Å². The zero-order valence-corrected chi connectivity index (χ0v) is 14.9. The molecule has 4 nitrogen and oxygen atoms in total. The first-order valence-electron chi connectivity index (χ1n) is 6.67. The normalized spacial score (nSPS) is 10.4. The minimum Gasteiger partial charge on any atom is -0.452 e. The van der Waals surface area contributed by atoms with Crippen molar-refractivity contribution in [2.24, 2.45) is 0 Å². The van der Waals surface area contributed by atoms with E-state index in [9.17, 15) is 9.59 Å². The number of carbonyl (C=O) groups excluding carboxylic acids is 2. The summed E-state index contributed by atoms with van der Waals surface area (Å²) < 4.78 is 5.96. The lowest BCUT2D eigenvalue weighted by molar-refractivity contribution is -0.119. The maximum absolute atomic E-state index is 11.9. The fraction of sp³-hybridized carbons (Fsp3) is 0.250. The summed E-state index contributed by atoms with van der Waals surface area (Å²) in [5, 5.41) is 2.69. The van der Waals surface area contributed by atoms with Crippen LogP contribution in [0.4, 0.5) is 5.69 Å². The summed E-state index contributed by atoms with van der Waals surface area (Å²) >= 11 is 4.93. The van der Waals surface area contributed by atoms with Gasteiger partial charge in [0.25, 0.3) is 5.91 Å². The van der Waals surface area contributed by atoms with Gasteiger partial charge in [-0.3, -0.25) is 4.79 Å². The van der Waals surface area contributed by atoms with E-state index in [1.807, 2.05) is 26.8 Å². The van der Waals surface area contributed by atoms with Gasteiger partial charge in [-0.05, 0) is 44.5 Å². The Labute approximate surface area is 141 Å². The second kappa shape index (κ2) is 7.07. The zero-order valence-electron chi connectivity index (χ0n) is 12.5. The third kappa shape index (κ3) is 4.18. The summed E-state index contributed by atoms with van der Waals surface area (Å²) in [5.41, 5.74) is 2.25. The van der Waals surface area contributed by atoms with Gasteiger partial charge in [-0.25, -0.2) is 4.79 Å². The van der Waals surface area contributed by atoms with Crippen molar-refractivity contribution in [3.63, 3.8) is 0 Å². The second-order valence-corrected chi connectivity index (χ2v) is 7.23. The van der Waals surface area contributed by atoms with Crippen LogP contribution in [0, 0.1) is 20.8 Å². The molecule has 0 spiro atoms. The summed E-state index contributed by atoms with van der Waals surface area (Å²) in [6.07, 6.45) is 0. The van der Waals surface area contributed by atoms with E-state index in [0.29, 0.717) is 11.3 Å². The van der Waals surface area contributed by atoms with E-state index in [-0.39, 0.29) is 12.5 Å². The van der Waals surface area contributed by atoms with Gasteiger partial charge in [0, 0.05) is 19.9 Å². The van der Waals surface area contributed by atoms with E-state index in [2.05, 4.69) is 21.2 Å². The van der Waals surface area contributed by atoms with Crippen LogP contribution in [-0.4, -0.2) is 18.5 Å². The molecule has 0 aliphatic rings. The first-order chi connectivity index (χ1) is 10.4. The van der Waals surface area contributed by atoms with E-state index < -0.39 is 5.97 Å². The van der Waals surface area contributed by atoms with Crippen LogP contribution in [0.1, 0.15) is 25.7 Å². The molecule has 2 rings (SSSR count). The molecule has 0 bridgehead atoms. The molecule has 1 aromatic carbocycles. The third-order valence-corrected chi connectivity index (χ3v) is 4.87. The van der Waals surface area contributed by atoms with Gasteiger partial charge in [0.2, 0.25) is 0 Å². The number of carbonyl (C=O) groups is 2. The molecule has 2 aromatic rings. The molecule has 0 aliphatic carbocycles. The highest BCUT2D eigenvalue weighted by molar-refractivity contribution is 9.10. The minimum absolute atomic E-state index is 0.307. The van der Waals surface area contributed by atoms with E-state index in [4.69, 9.17) is 4.74 Å². The predicted octanol–water partition coefficient (Wildman–Crippen LogP) is 4.23. The van der Waals surface area contributed by atoms with Gasteiger partial charge in [-0.2, -0.15) is 0 Å². The van der Waals surface area contributed by atoms with Gasteiger partial charge in [0.1, 0.15) is 0 Å². The number of nitrogens with one attached hydrogen (secondary N) is 1. The summed E-state index contributed by atoms with van der Waals surface area (Å²) in [4.78, 5) is 25.7. The predicted molar refractivity (Wildman–Crippen MR) is 91.6 cm³/mol. The molecule has 1 N–H and O–H groups in total. The monoisotopic (exact) mass is 381 g/mol. The van der Waals surface area contributed by atoms with Crippen LogP contribution < -0.4 is 5.32 Å². The number of thiophene rings is 1. The number of ether oxygens (including phenoxy) is 1. The molecule has 116 valence electrons. The van der Waals surface area contributed by atoms with Crippen LogP contribution in [0.5, 0.6) is 0 Å². The number of esters is 1. The number of halogens is 1. The Balaban J connectivity index is 1.91. The highest BCUT2D eigenvalue weighted by atomic mass is 79.9. The maximum Gasteiger partial charge on any atom is 0.339 e. The van der Waals surface area contributed by atoms with Crippen LogP contribution in [0.15, 0.2) is 28.7 Å². The molecular formula is C16H16BrNO3S. The number of rotatable bonds is 4. The van der Waals surface area contributed by atoms with E-state index in [0.717, 1.165) is 19.8 Å². The topological polar surface area (TPSA) is 55.4 Å². The average molecular weight is 382 g/mol. The lowest BCUT2D eigenvalue weighted by Gasteiger charge is -2.08. The smallest absolute Gasteiger partial charge is 0.339 e. The van der Waals surface area contributed by atoms with Crippen molar-refractivity contribution < 1.29 is 14.3 Å². The molecule has 1 amide bonds. The molecular weight excluding hydrogens is 366 g/mol. The standard InChI is InChI=1S/C16H16BrNO3S/c1-9-4-5-12(7-14(9)17)18-15(19)8-21-16(20)13-6-10(2)22-11(13)3/h4-7H,8H2,1-3H3,(H,18,19). The number of benzene rings is 1. The number of amides is 1. The van der Waals surface area contributed by atoms with E-state index >= 15 is 0 Å². The van der Waals surface area contributed by atoms with Crippen molar-refractivity contribution in [1.29, 1.82) is 0 Å². The SMILES string of the molecule is Cc1cc(C(=O)OCC(=O)Nc2ccc(C)c(Br)c2)c(C)s1. The van der Waals surface area contributed by atoms with Crippen LogP contribution in [0.2, 0.25) is 0 Å². The fourth-order valence-electron chi connectivity index (χ4n) is 1.91. The number of aryl methyl sites for hydroxylation is 3. The minimum atomic E-state index is -0.470. The second-order valence-electron chi connectivity index (χ2n) is 4.92. The molecule has 0 fully saturated rings. The molecule has 0 radical (unpaired) electrons. The lowest BCUT2D eigenvalue weighted by atomic mass is 10.2. The highest BCUT2D eigenvalue weighted by Gasteiger charge is 2.15. The summed E-state index contributed by atoms with van der Waals surface area (Å²) in [6.45, 7) is 5.44. The largest absolute Gasteiger partial charge is 0.452 e. The molecule has 0 unspecified atom stereocenters. The Morgan fingerprint density at radius 1 is 1.23 bits per heavy atom. The van der Waals surface area contributed by atoms with Crippen molar-refractivity contribution >= 4 is 44.8 Å². The highest BCUT2D eigenvalue weighted by Crippen LogP contribution is 2.22. The van der Waals surface area contributed by atoms with E-state index in [1.54, 1.807) is 18.2 Å². The summed E-state index contributed by atoms with van der Waals surface area (Å²) in [5.74, 6) is -0.837. The first kappa shape index (κ1) is 16.7. The molecule has 6 heteroatoms. The molecule has 0 saturated carbocycles. The van der Waals surface area contributed by atoms with Crippen molar-refractivity contribution in [2.45, 2.75) is 20.8 Å². The Morgan fingerprint density at radius 2 is 1.95 bits per heavy atom. The Bertz CT molecular complexity index is 724. The summed E-state index contributed by atoms with van der Waals surface area (Å²) in [6, 6.07) is 7.27. The molecule has 1 aromatic heterocycles. The van der Waals surface area contributed by atoms with Gasteiger partial charge in [0.05, 0.1) is 5.56 Å². The number of hydrogen-bond acceptors (Lipinski definition) is 4. The molecule has 0 aliphatic heterocycles. The third-order valence-electron chi connectivity index (χ3n) is 3.05. The molecule has 0 atom stereocenters. The maximum atomic E-state index is 11.9. The van der Waals surface area contributed by atoms with Crippen LogP contribution in [-0.2, 0) is 9.53 Å². The van der Waals surface area contributed by atoms with Crippen LogP contribution in [0.25, 0.3) is 0 Å². The Kier molecular flexibility index (Phi) is 5.37. The van der Waals surface area contributed by atoms with Gasteiger partial charge in [-0.1, -0.05) is 22.0 Å². The molecule has 0 saturated heterocycles. The fourth-order valence-corrected chi connectivity index (χ4v) is 3.20. The van der Waals surface area contributed by atoms with Gasteiger partial charge < -0.3 is 10.1 Å². The lowest BCUT2D eigenvalue weighted by Crippen LogP contribution is -2.21. The van der Waals surface area contributed by atoms with Gasteiger partial charge >= 0.3 is 5.97 Å². The van der Waals surface area contributed by atoms with E-state index in [1.165, 1.54) is 11.3 Å². The first-order valence-corrected chi connectivity index (χ1v) is 8.28. The van der Waals surface area contributed by atoms with Crippen molar-refractivity contribution in [3.05, 3.63) is 49.6 Å². The summed E-state index contributed by atoms with van der Waals surface area (Å²) in [7, 11) is 0.